The maximum absolute atomic E-state index is 12.6. The highest BCUT2D eigenvalue weighted by Crippen LogP contribution is 2.26. The Kier molecular flexibility index (Phi) is 5.74. The third-order valence-electron chi connectivity index (χ3n) is 5.09. The van der Waals surface area contributed by atoms with Crippen LogP contribution in [0.5, 0.6) is 0 Å². The maximum Gasteiger partial charge on any atom is 0.255 e. The molecule has 0 atom stereocenters. The number of nitrogens with one attached hydrogen (secondary N) is 1. The lowest BCUT2D eigenvalue weighted by Crippen LogP contribution is -2.32. The van der Waals surface area contributed by atoms with Gasteiger partial charge in [0.25, 0.3) is 5.91 Å². The highest BCUT2D eigenvalue weighted by Gasteiger charge is 2.22. The van der Waals surface area contributed by atoms with Crippen molar-refractivity contribution < 1.29 is 9.53 Å². The van der Waals surface area contributed by atoms with Crippen molar-refractivity contribution in [3.05, 3.63) is 35.3 Å². The predicted octanol–water partition coefficient (Wildman–Crippen LogP) is 3.67. The zero-order valence-electron chi connectivity index (χ0n) is 15.5. The summed E-state index contributed by atoms with van der Waals surface area (Å²) in [6, 6.07) is 3.88. The second-order valence-electron chi connectivity index (χ2n) is 7.19. The minimum Gasteiger partial charge on any atom is -0.378 e. The number of carbonyl (C=O) groups is 1. The summed E-state index contributed by atoms with van der Waals surface area (Å²) in [5.74, 6) is 0.528. The third kappa shape index (κ3) is 4.21. The molecule has 5 nitrogen and oxygen atoms in total. The van der Waals surface area contributed by atoms with Gasteiger partial charge >= 0.3 is 0 Å². The molecule has 0 bridgehead atoms. The van der Waals surface area contributed by atoms with E-state index in [-0.39, 0.29) is 5.91 Å². The minimum absolute atomic E-state index is 0.0237. The van der Waals surface area contributed by atoms with Crippen LogP contribution < -0.4 is 5.32 Å². The van der Waals surface area contributed by atoms with E-state index in [1.807, 2.05) is 36.6 Å². The van der Waals surface area contributed by atoms with Crippen LogP contribution in [-0.4, -0.2) is 34.5 Å². The van der Waals surface area contributed by atoms with Crippen molar-refractivity contribution in [1.82, 2.24) is 14.7 Å². The average Bonchev–Trinajstić information content (AvgIpc) is 3.03. The van der Waals surface area contributed by atoms with E-state index in [0.29, 0.717) is 17.6 Å². The average molecular weight is 343 g/mol. The first-order valence-corrected chi connectivity index (χ1v) is 9.43. The molecule has 0 unspecified atom stereocenters. The fourth-order valence-electron chi connectivity index (χ4n) is 3.69. The molecule has 25 heavy (non-hydrogen) atoms. The minimum atomic E-state index is -0.0237. The van der Waals surface area contributed by atoms with Gasteiger partial charge in [-0.2, -0.15) is 0 Å². The highest BCUT2D eigenvalue weighted by molar-refractivity contribution is 6.00. The molecule has 2 aromatic heterocycles. The van der Waals surface area contributed by atoms with Gasteiger partial charge in [-0.1, -0.05) is 6.92 Å². The van der Waals surface area contributed by atoms with Gasteiger partial charge in [-0.05, 0) is 64.0 Å². The van der Waals surface area contributed by atoms with Gasteiger partial charge in [0.2, 0.25) is 0 Å². The van der Waals surface area contributed by atoms with Crippen molar-refractivity contribution >= 4 is 11.6 Å². The molecular weight excluding hydrogens is 314 g/mol. The molecule has 0 aliphatic heterocycles. The predicted molar refractivity (Wildman–Crippen MR) is 99.0 cm³/mol. The van der Waals surface area contributed by atoms with Gasteiger partial charge in [0.05, 0.1) is 11.7 Å². The number of hydrogen-bond acceptors (Lipinski definition) is 3. The van der Waals surface area contributed by atoms with Crippen LogP contribution in [0.15, 0.2) is 18.3 Å². The number of amides is 1. The Balaban J connectivity index is 1.55. The molecule has 1 aliphatic carbocycles. The third-order valence-corrected chi connectivity index (χ3v) is 5.09. The van der Waals surface area contributed by atoms with Gasteiger partial charge < -0.3 is 14.5 Å². The van der Waals surface area contributed by atoms with Crippen LogP contribution in [0.3, 0.4) is 0 Å². The molecule has 2 aromatic rings. The van der Waals surface area contributed by atoms with Crippen LogP contribution in [0.4, 0.5) is 0 Å². The monoisotopic (exact) mass is 343 g/mol. The second kappa shape index (κ2) is 8.00. The van der Waals surface area contributed by atoms with Crippen molar-refractivity contribution in [3.63, 3.8) is 0 Å². The lowest BCUT2D eigenvalue weighted by molar-refractivity contribution is 0.0186. The number of nitrogens with zero attached hydrogens (tertiary/aromatic N) is 2. The fourth-order valence-corrected chi connectivity index (χ4v) is 3.69. The Bertz CT molecular complexity index is 730. The molecule has 0 saturated heterocycles. The number of aromatic nitrogens is 2. The Labute approximate surface area is 149 Å². The molecule has 3 rings (SSSR count). The largest absolute Gasteiger partial charge is 0.378 e. The molecule has 0 aromatic carbocycles. The van der Waals surface area contributed by atoms with Crippen LogP contribution in [0.25, 0.3) is 5.65 Å². The quantitative estimate of drug-likeness (QED) is 0.871. The molecular formula is C20H29N3O2. The van der Waals surface area contributed by atoms with Gasteiger partial charge in [-0.25, -0.2) is 4.98 Å². The summed E-state index contributed by atoms with van der Waals surface area (Å²) in [6.45, 7) is 7.73. The molecule has 0 spiro atoms. The van der Waals surface area contributed by atoms with E-state index >= 15 is 0 Å². The Morgan fingerprint density at radius 2 is 2.08 bits per heavy atom. The maximum atomic E-state index is 12.6. The van der Waals surface area contributed by atoms with Crippen LogP contribution in [0.2, 0.25) is 0 Å². The number of aryl methyl sites for hydroxylation is 2. The summed E-state index contributed by atoms with van der Waals surface area (Å²) in [4.78, 5) is 17.1. The van der Waals surface area contributed by atoms with Gasteiger partial charge in [-0.3, -0.25) is 4.79 Å². The Morgan fingerprint density at radius 1 is 1.32 bits per heavy atom. The summed E-state index contributed by atoms with van der Waals surface area (Å²) >= 11 is 0. The first-order chi connectivity index (χ1) is 12.1. The van der Waals surface area contributed by atoms with E-state index in [1.165, 1.54) is 0 Å². The zero-order chi connectivity index (χ0) is 17.8. The van der Waals surface area contributed by atoms with Crippen molar-refractivity contribution in [3.8, 4) is 0 Å². The van der Waals surface area contributed by atoms with Gasteiger partial charge in [0, 0.05) is 30.7 Å². The van der Waals surface area contributed by atoms with Crippen molar-refractivity contribution in [2.24, 2.45) is 5.92 Å². The van der Waals surface area contributed by atoms with Gasteiger partial charge in [-0.15, -0.1) is 0 Å². The Morgan fingerprint density at radius 3 is 2.80 bits per heavy atom. The Hall–Kier alpha value is -1.88. The standard InChI is InChI=1S/C20H29N3O2/c1-4-11-25-17-7-5-16(6-8-17)13-21-20(24)18-9-10-23-15(3)12-14(2)22-19(18)23/h9-10,12,16-17H,4-8,11,13H2,1-3H3,(H,21,24). The van der Waals surface area contributed by atoms with Crippen LogP contribution in [0, 0.1) is 19.8 Å². The highest BCUT2D eigenvalue weighted by atomic mass is 16.5. The number of hydrogen-bond donors (Lipinski definition) is 1. The molecule has 5 heteroatoms. The summed E-state index contributed by atoms with van der Waals surface area (Å²) in [5, 5.41) is 3.11. The van der Waals surface area contributed by atoms with Gasteiger partial charge in [0.1, 0.15) is 5.65 Å². The summed E-state index contributed by atoms with van der Waals surface area (Å²) in [5.41, 5.74) is 3.42. The molecule has 1 saturated carbocycles. The molecule has 136 valence electrons. The summed E-state index contributed by atoms with van der Waals surface area (Å²) in [6.07, 6.45) is 7.88. The number of rotatable bonds is 6. The summed E-state index contributed by atoms with van der Waals surface area (Å²) < 4.78 is 7.81. The van der Waals surface area contributed by atoms with Crippen molar-refractivity contribution in [1.29, 1.82) is 0 Å². The molecule has 1 aliphatic rings. The topological polar surface area (TPSA) is 55.6 Å². The number of fused-ring (bicyclic) bond motifs is 1. The molecule has 1 N–H and O–H groups in total. The van der Waals surface area contributed by atoms with Crippen LogP contribution in [0.1, 0.15) is 60.8 Å². The second-order valence-corrected chi connectivity index (χ2v) is 7.19. The van der Waals surface area contributed by atoms with E-state index in [4.69, 9.17) is 4.74 Å². The van der Waals surface area contributed by atoms with Crippen LogP contribution in [-0.2, 0) is 4.74 Å². The van der Waals surface area contributed by atoms with E-state index in [9.17, 15) is 4.79 Å². The first-order valence-electron chi connectivity index (χ1n) is 9.43. The van der Waals surface area contributed by atoms with Crippen molar-refractivity contribution in [2.75, 3.05) is 13.2 Å². The molecule has 1 fully saturated rings. The number of carbonyl (C=O) groups excluding carboxylic acids is 1. The van der Waals surface area contributed by atoms with E-state index < -0.39 is 0 Å². The lowest BCUT2D eigenvalue weighted by atomic mass is 9.87. The first kappa shape index (κ1) is 17.9. The molecule has 1 amide bonds. The van der Waals surface area contributed by atoms with Crippen LogP contribution >= 0.6 is 0 Å². The van der Waals surface area contributed by atoms with Crippen molar-refractivity contribution in [2.45, 2.75) is 59.0 Å². The SMILES string of the molecule is CCCOC1CCC(CNC(=O)c2ccn3c(C)cc(C)nc23)CC1. The normalized spacial score (nSPS) is 20.8. The van der Waals surface area contributed by atoms with Gasteiger partial charge in [0.15, 0.2) is 0 Å². The smallest absolute Gasteiger partial charge is 0.255 e. The number of ether oxygens (including phenoxy) is 1. The molecule has 2 heterocycles. The fraction of sp³-hybridized carbons (Fsp3) is 0.600. The van der Waals surface area contributed by atoms with E-state index in [2.05, 4.69) is 17.2 Å². The van der Waals surface area contributed by atoms with E-state index in [0.717, 1.165) is 62.3 Å². The summed E-state index contributed by atoms with van der Waals surface area (Å²) in [7, 11) is 0. The molecule has 0 radical (unpaired) electrons. The lowest BCUT2D eigenvalue weighted by Gasteiger charge is -2.28. The van der Waals surface area contributed by atoms with E-state index in [1.54, 1.807) is 0 Å². The zero-order valence-corrected chi connectivity index (χ0v) is 15.5.